The summed E-state index contributed by atoms with van der Waals surface area (Å²) in [5.41, 5.74) is 0.729. The number of fused-ring (bicyclic) bond motifs is 1. The molecule has 0 radical (unpaired) electrons. The summed E-state index contributed by atoms with van der Waals surface area (Å²) in [7, 11) is 3.06. The van der Waals surface area contributed by atoms with Gasteiger partial charge in [0.05, 0.1) is 12.0 Å². The van der Waals surface area contributed by atoms with Gasteiger partial charge in [-0.1, -0.05) is 30.3 Å². The first kappa shape index (κ1) is 17.5. The smallest absolute Gasteiger partial charge is 0.197 e. The summed E-state index contributed by atoms with van der Waals surface area (Å²) in [6, 6.07) is 15.2. The molecule has 0 aromatic heterocycles. The fourth-order valence-electron chi connectivity index (χ4n) is 3.07. The van der Waals surface area contributed by atoms with Crippen molar-refractivity contribution in [1.29, 1.82) is 0 Å². The molecule has 1 unspecified atom stereocenters. The molecule has 1 heterocycles. The Balaban J connectivity index is 1.77. The van der Waals surface area contributed by atoms with Crippen molar-refractivity contribution in [2.75, 3.05) is 14.2 Å². The van der Waals surface area contributed by atoms with E-state index in [1.54, 1.807) is 18.2 Å². The van der Waals surface area contributed by atoms with Gasteiger partial charge in [0.25, 0.3) is 0 Å². The topological polar surface area (TPSA) is 54.0 Å². The quantitative estimate of drug-likeness (QED) is 0.751. The minimum atomic E-state index is -0.861. The summed E-state index contributed by atoms with van der Waals surface area (Å²) in [5.74, 6) is 1.14. The Kier molecular flexibility index (Phi) is 5.06. The van der Waals surface area contributed by atoms with Gasteiger partial charge < -0.3 is 18.9 Å². The fraction of sp³-hybridized carbons (Fsp3) is 0.350. The zero-order chi connectivity index (χ0) is 17.9. The van der Waals surface area contributed by atoms with Crippen molar-refractivity contribution in [2.45, 2.75) is 31.8 Å². The van der Waals surface area contributed by atoms with E-state index in [0.717, 1.165) is 5.56 Å². The summed E-state index contributed by atoms with van der Waals surface area (Å²) in [6.45, 7) is 2.26. The highest BCUT2D eigenvalue weighted by molar-refractivity contribution is 6.00. The number of Topliss-reactive ketones (excluding diaryl/α,β-unsaturated/α-hetero) is 1. The molecular formula is C20H22O5. The lowest BCUT2D eigenvalue weighted by Gasteiger charge is -2.39. The fourth-order valence-corrected chi connectivity index (χ4v) is 3.07. The first-order valence-corrected chi connectivity index (χ1v) is 8.14. The van der Waals surface area contributed by atoms with E-state index < -0.39 is 11.9 Å². The second kappa shape index (κ2) is 7.25. The second-order valence-electron chi connectivity index (χ2n) is 6.25. The normalized spacial score (nSPS) is 19.4. The van der Waals surface area contributed by atoms with E-state index in [0.29, 0.717) is 23.7 Å². The van der Waals surface area contributed by atoms with Crippen molar-refractivity contribution in [1.82, 2.24) is 0 Å². The van der Waals surface area contributed by atoms with Crippen molar-refractivity contribution in [3.8, 4) is 11.5 Å². The number of rotatable bonds is 6. The number of benzene rings is 2. The van der Waals surface area contributed by atoms with Gasteiger partial charge in [0, 0.05) is 14.2 Å². The average molecular weight is 342 g/mol. The lowest BCUT2D eigenvalue weighted by atomic mass is 9.90. The number of methoxy groups -OCH3 is 2. The number of carbonyl (C=O) groups excluding carboxylic acids is 1. The number of hydrogen-bond donors (Lipinski definition) is 0. The molecule has 0 amide bonds. The van der Waals surface area contributed by atoms with Gasteiger partial charge in [-0.2, -0.15) is 0 Å². The summed E-state index contributed by atoms with van der Waals surface area (Å²) < 4.78 is 22.4. The predicted molar refractivity (Wildman–Crippen MR) is 93.0 cm³/mol. The number of carbonyl (C=O) groups is 1. The molecule has 0 spiro atoms. The van der Waals surface area contributed by atoms with Gasteiger partial charge in [0.2, 0.25) is 0 Å². The Bertz CT molecular complexity index is 739. The number of ketones is 1. The number of ether oxygens (including phenoxy) is 4. The van der Waals surface area contributed by atoms with Crippen LogP contribution in [-0.2, 0) is 16.1 Å². The molecule has 25 heavy (non-hydrogen) atoms. The Morgan fingerprint density at radius 1 is 1.12 bits per heavy atom. The Morgan fingerprint density at radius 3 is 2.52 bits per heavy atom. The predicted octanol–water partition coefficient (Wildman–Crippen LogP) is 3.61. The molecule has 0 saturated heterocycles. The summed E-state index contributed by atoms with van der Waals surface area (Å²) in [6.07, 6.45) is -0.451. The summed E-state index contributed by atoms with van der Waals surface area (Å²) >= 11 is 0. The van der Waals surface area contributed by atoms with Crippen LogP contribution in [0.3, 0.4) is 0 Å². The van der Waals surface area contributed by atoms with Gasteiger partial charge >= 0.3 is 0 Å². The van der Waals surface area contributed by atoms with Crippen LogP contribution in [0.4, 0.5) is 0 Å². The van der Waals surface area contributed by atoms with Gasteiger partial charge in [-0.05, 0) is 30.7 Å². The Hall–Kier alpha value is -2.37. The molecule has 5 heteroatoms. The van der Waals surface area contributed by atoms with Crippen LogP contribution in [0.2, 0.25) is 0 Å². The Labute approximate surface area is 147 Å². The van der Waals surface area contributed by atoms with Crippen LogP contribution in [0, 0.1) is 0 Å². The molecule has 2 aromatic carbocycles. The maximum Gasteiger partial charge on any atom is 0.197 e. The van der Waals surface area contributed by atoms with Crippen molar-refractivity contribution in [3.63, 3.8) is 0 Å². The van der Waals surface area contributed by atoms with E-state index in [1.165, 1.54) is 14.2 Å². The molecule has 2 aromatic rings. The van der Waals surface area contributed by atoms with E-state index in [1.807, 2.05) is 37.3 Å². The monoisotopic (exact) mass is 342 g/mol. The van der Waals surface area contributed by atoms with E-state index in [9.17, 15) is 4.79 Å². The molecule has 3 rings (SSSR count). The second-order valence-corrected chi connectivity index (χ2v) is 6.25. The van der Waals surface area contributed by atoms with Crippen molar-refractivity contribution in [2.24, 2.45) is 0 Å². The molecule has 0 aliphatic carbocycles. The third kappa shape index (κ3) is 3.67. The van der Waals surface area contributed by atoms with Gasteiger partial charge in [-0.3, -0.25) is 4.79 Å². The largest absolute Gasteiger partial charge is 0.489 e. The first-order valence-electron chi connectivity index (χ1n) is 8.14. The van der Waals surface area contributed by atoms with Crippen molar-refractivity contribution >= 4 is 5.78 Å². The lowest BCUT2D eigenvalue weighted by molar-refractivity contribution is -0.197. The van der Waals surface area contributed by atoms with E-state index in [4.69, 9.17) is 18.9 Å². The van der Waals surface area contributed by atoms with Crippen LogP contribution in [0.25, 0.3) is 0 Å². The number of hydrogen-bond acceptors (Lipinski definition) is 5. The molecule has 0 bridgehead atoms. The van der Waals surface area contributed by atoms with Crippen LogP contribution < -0.4 is 9.47 Å². The van der Waals surface area contributed by atoms with E-state index >= 15 is 0 Å². The third-order valence-corrected chi connectivity index (χ3v) is 4.28. The molecule has 1 aliphatic rings. The van der Waals surface area contributed by atoms with Crippen LogP contribution in [-0.4, -0.2) is 31.9 Å². The zero-order valence-corrected chi connectivity index (χ0v) is 14.7. The summed E-state index contributed by atoms with van der Waals surface area (Å²) in [4.78, 5) is 12.6. The maximum atomic E-state index is 12.6. The molecule has 0 fully saturated rings. The molecule has 1 atom stereocenters. The lowest BCUT2D eigenvalue weighted by Crippen LogP contribution is -2.50. The zero-order valence-electron chi connectivity index (χ0n) is 14.7. The highest BCUT2D eigenvalue weighted by Gasteiger charge is 2.44. The van der Waals surface area contributed by atoms with Crippen LogP contribution >= 0.6 is 0 Å². The van der Waals surface area contributed by atoms with Crippen LogP contribution in [0.1, 0.15) is 29.3 Å². The van der Waals surface area contributed by atoms with E-state index in [2.05, 4.69) is 0 Å². The Morgan fingerprint density at radius 2 is 1.84 bits per heavy atom. The van der Waals surface area contributed by atoms with E-state index in [-0.39, 0.29) is 12.2 Å². The van der Waals surface area contributed by atoms with Gasteiger partial charge in [0.15, 0.2) is 17.7 Å². The molecule has 1 aliphatic heterocycles. The van der Waals surface area contributed by atoms with Crippen molar-refractivity contribution in [3.05, 3.63) is 59.7 Å². The maximum absolute atomic E-state index is 12.6. The third-order valence-electron chi connectivity index (χ3n) is 4.28. The summed E-state index contributed by atoms with van der Waals surface area (Å²) in [5, 5.41) is 0. The van der Waals surface area contributed by atoms with Gasteiger partial charge in [0.1, 0.15) is 18.1 Å². The molecule has 0 saturated carbocycles. The van der Waals surface area contributed by atoms with Crippen LogP contribution in [0.15, 0.2) is 48.5 Å². The van der Waals surface area contributed by atoms with Gasteiger partial charge in [-0.25, -0.2) is 0 Å². The van der Waals surface area contributed by atoms with Crippen LogP contribution in [0.5, 0.6) is 11.5 Å². The SMILES string of the molecule is COC(OC)C1(C)CC(=O)c2cc(OCc3ccccc3)ccc2O1. The highest BCUT2D eigenvalue weighted by atomic mass is 16.7. The average Bonchev–Trinajstić information content (AvgIpc) is 2.62. The first-order chi connectivity index (χ1) is 12.1. The molecule has 132 valence electrons. The minimum Gasteiger partial charge on any atom is -0.489 e. The standard InChI is InChI=1S/C20H22O5/c1-20(19(22-2)23-3)12-17(21)16-11-15(9-10-18(16)25-20)24-13-14-7-5-4-6-8-14/h4-11,19H,12-13H2,1-3H3. The molecular weight excluding hydrogens is 320 g/mol. The highest BCUT2D eigenvalue weighted by Crippen LogP contribution is 2.37. The molecule has 0 N–H and O–H groups in total. The van der Waals surface area contributed by atoms with Crippen molar-refractivity contribution < 1.29 is 23.7 Å². The minimum absolute atomic E-state index is 0.0204. The van der Waals surface area contributed by atoms with Gasteiger partial charge in [-0.15, -0.1) is 0 Å². The molecule has 5 nitrogen and oxygen atoms in total.